The maximum atomic E-state index is 12.0. The van der Waals surface area contributed by atoms with Crippen molar-refractivity contribution in [2.75, 3.05) is 6.54 Å². The Balaban J connectivity index is 4.25. The standard InChI is InChI=1S/C13H28N2O/c1-8-10(2)15-13(6,7)11(16)14-9-12(3,4)5/h10,15H,8-9H2,1-7H3,(H,14,16). The molecule has 0 radical (unpaired) electrons. The summed E-state index contributed by atoms with van der Waals surface area (Å²) in [4.78, 5) is 12.0. The van der Waals surface area contributed by atoms with E-state index in [1.807, 2.05) is 13.8 Å². The van der Waals surface area contributed by atoms with Gasteiger partial charge < -0.3 is 10.6 Å². The van der Waals surface area contributed by atoms with Crippen LogP contribution in [0.1, 0.15) is 54.9 Å². The van der Waals surface area contributed by atoms with Gasteiger partial charge in [-0.3, -0.25) is 4.79 Å². The summed E-state index contributed by atoms with van der Waals surface area (Å²) < 4.78 is 0. The van der Waals surface area contributed by atoms with Crippen molar-refractivity contribution in [2.24, 2.45) is 5.41 Å². The van der Waals surface area contributed by atoms with E-state index in [9.17, 15) is 4.79 Å². The molecule has 0 heterocycles. The third-order valence-corrected chi connectivity index (χ3v) is 2.57. The summed E-state index contributed by atoms with van der Waals surface area (Å²) in [5.74, 6) is 0.0720. The number of nitrogens with one attached hydrogen (secondary N) is 2. The van der Waals surface area contributed by atoms with Crippen LogP contribution in [0, 0.1) is 5.41 Å². The fourth-order valence-electron chi connectivity index (χ4n) is 1.35. The predicted molar refractivity (Wildman–Crippen MR) is 69.4 cm³/mol. The number of hydrogen-bond acceptors (Lipinski definition) is 2. The Kier molecular flexibility index (Phi) is 5.47. The van der Waals surface area contributed by atoms with Crippen molar-refractivity contribution in [1.29, 1.82) is 0 Å². The average molecular weight is 228 g/mol. The van der Waals surface area contributed by atoms with Crippen molar-refractivity contribution < 1.29 is 4.79 Å². The molecule has 0 aromatic carbocycles. The normalized spacial score (nSPS) is 14.7. The van der Waals surface area contributed by atoms with Crippen molar-refractivity contribution >= 4 is 5.91 Å². The SMILES string of the molecule is CCC(C)NC(C)(C)C(=O)NCC(C)(C)C. The zero-order valence-corrected chi connectivity index (χ0v) is 11.9. The zero-order valence-electron chi connectivity index (χ0n) is 11.9. The van der Waals surface area contributed by atoms with Crippen LogP contribution in [0.3, 0.4) is 0 Å². The van der Waals surface area contributed by atoms with Gasteiger partial charge in [0, 0.05) is 12.6 Å². The van der Waals surface area contributed by atoms with E-state index < -0.39 is 5.54 Å². The minimum Gasteiger partial charge on any atom is -0.354 e. The van der Waals surface area contributed by atoms with Crippen LogP contribution in [-0.2, 0) is 4.79 Å². The van der Waals surface area contributed by atoms with Crippen LogP contribution in [0.4, 0.5) is 0 Å². The summed E-state index contributed by atoms with van der Waals surface area (Å²) in [5.41, 5.74) is -0.372. The maximum absolute atomic E-state index is 12.0. The monoisotopic (exact) mass is 228 g/mol. The molecule has 16 heavy (non-hydrogen) atoms. The molecule has 1 atom stereocenters. The molecule has 0 saturated heterocycles. The van der Waals surface area contributed by atoms with E-state index in [2.05, 4.69) is 45.3 Å². The smallest absolute Gasteiger partial charge is 0.239 e. The van der Waals surface area contributed by atoms with E-state index in [4.69, 9.17) is 0 Å². The number of amides is 1. The van der Waals surface area contributed by atoms with Crippen molar-refractivity contribution in [2.45, 2.75) is 66.5 Å². The van der Waals surface area contributed by atoms with Crippen LogP contribution >= 0.6 is 0 Å². The second kappa shape index (κ2) is 5.67. The highest BCUT2D eigenvalue weighted by Crippen LogP contribution is 2.12. The van der Waals surface area contributed by atoms with Gasteiger partial charge in [0.2, 0.25) is 5.91 Å². The second-order valence-corrected chi connectivity index (χ2v) is 6.32. The van der Waals surface area contributed by atoms with E-state index in [0.29, 0.717) is 12.6 Å². The Hall–Kier alpha value is -0.570. The Morgan fingerprint density at radius 3 is 2.06 bits per heavy atom. The highest BCUT2D eigenvalue weighted by molar-refractivity contribution is 5.85. The average Bonchev–Trinajstić information content (AvgIpc) is 2.11. The molecule has 96 valence electrons. The Labute approximate surface area is 100 Å². The minimum atomic E-state index is -0.499. The van der Waals surface area contributed by atoms with E-state index in [0.717, 1.165) is 6.42 Å². The third kappa shape index (κ3) is 6.11. The summed E-state index contributed by atoms with van der Waals surface area (Å²) in [6, 6.07) is 0.357. The molecule has 3 nitrogen and oxygen atoms in total. The topological polar surface area (TPSA) is 41.1 Å². The lowest BCUT2D eigenvalue weighted by Crippen LogP contribution is -2.56. The summed E-state index contributed by atoms with van der Waals surface area (Å²) in [6.07, 6.45) is 1.02. The molecule has 0 fully saturated rings. The molecule has 0 aliphatic carbocycles. The van der Waals surface area contributed by atoms with Crippen molar-refractivity contribution in [3.8, 4) is 0 Å². The van der Waals surface area contributed by atoms with Crippen LogP contribution in [0.2, 0.25) is 0 Å². The largest absolute Gasteiger partial charge is 0.354 e. The van der Waals surface area contributed by atoms with Gasteiger partial charge in [-0.2, -0.15) is 0 Å². The predicted octanol–water partition coefficient (Wildman–Crippen LogP) is 2.32. The van der Waals surface area contributed by atoms with Crippen molar-refractivity contribution in [3.63, 3.8) is 0 Å². The van der Waals surface area contributed by atoms with Crippen LogP contribution in [0.5, 0.6) is 0 Å². The molecule has 1 amide bonds. The van der Waals surface area contributed by atoms with Gasteiger partial charge in [-0.25, -0.2) is 0 Å². The lowest BCUT2D eigenvalue weighted by Gasteiger charge is -2.30. The van der Waals surface area contributed by atoms with Gasteiger partial charge in [-0.05, 0) is 32.6 Å². The first-order valence-electron chi connectivity index (χ1n) is 6.14. The van der Waals surface area contributed by atoms with Crippen LogP contribution in [-0.4, -0.2) is 24.0 Å². The molecule has 2 N–H and O–H groups in total. The first kappa shape index (κ1) is 15.4. The first-order chi connectivity index (χ1) is 7.08. The van der Waals surface area contributed by atoms with Gasteiger partial charge >= 0.3 is 0 Å². The zero-order chi connectivity index (χ0) is 13.0. The lowest BCUT2D eigenvalue weighted by molar-refractivity contribution is -0.127. The Bertz CT molecular complexity index is 229. The van der Waals surface area contributed by atoms with Crippen LogP contribution in [0.15, 0.2) is 0 Å². The molecular weight excluding hydrogens is 200 g/mol. The number of carbonyl (C=O) groups is 1. The molecule has 0 rings (SSSR count). The number of hydrogen-bond donors (Lipinski definition) is 2. The molecule has 0 aromatic heterocycles. The third-order valence-electron chi connectivity index (χ3n) is 2.57. The highest BCUT2D eigenvalue weighted by Gasteiger charge is 2.28. The van der Waals surface area contributed by atoms with Gasteiger partial charge in [0.15, 0.2) is 0 Å². The van der Waals surface area contributed by atoms with Crippen LogP contribution < -0.4 is 10.6 Å². The van der Waals surface area contributed by atoms with Crippen molar-refractivity contribution in [1.82, 2.24) is 10.6 Å². The molecule has 1 unspecified atom stereocenters. The Morgan fingerprint density at radius 2 is 1.69 bits per heavy atom. The van der Waals surface area contributed by atoms with E-state index in [-0.39, 0.29) is 11.3 Å². The van der Waals surface area contributed by atoms with Crippen molar-refractivity contribution in [3.05, 3.63) is 0 Å². The fraction of sp³-hybridized carbons (Fsp3) is 0.923. The fourth-order valence-corrected chi connectivity index (χ4v) is 1.35. The van der Waals surface area contributed by atoms with E-state index >= 15 is 0 Å². The number of carbonyl (C=O) groups excluding carboxylic acids is 1. The van der Waals surface area contributed by atoms with Gasteiger partial charge in [-0.1, -0.05) is 27.7 Å². The summed E-state index contributed by atoms with van der Waals surface area (Å²) >= 11 is 0. The van der Waals surface area contributed by atoms with Gasteiger partial charge in [0.25, 0.3) is 0 Å². The second-order valence-electron chi connectivity index (χ2n) is 6.32. The molecule has 0 bridgehead atoms. The first-order valence-corrected chi connectivity index (χ1v) is 6.14. The van der Waals surface area contributed by atoms with Gasteiger partial charge in [0.1, 0.15) is 0 Å². The highest BCUT2D eigenvalue weighted by atomic mass is 16.2. The molecule has 0 aromatic rings. The molecule has 0 spiro atoms. The molecular formula is C13H28N2O. The summed E-state index contributed by atoms with van der Waals surface area (Å²) in [5, 5.41) is 6.32. The van der Waals surface area contributed by atoms with Gasteiger partial charge in [-0.15, -0.1) is 0 Å². The van der Waals surface area contributed by atoms with E-state index in [1.165, 1.54) is 0 Å². The molecule has 0 saturated carbocycles. The van der Waals surface area contributed by atoms with Crippen LogP contribution in [0.25, 0.3) is 0 Å². The molecule has 0 aliphatic rings. The molecule has 0 aliphatic heterocycles. The quantitative estimate of drug-likeness (QED) is 0.758. The van der Waals surface area contributed by atoms with E-state index in [1.54, 1.807) is 0 Å². The molecule has 3 heteroatoms. The maximum Gasteiger partial charge on any atom is 0.239 e. The van der Waals surface area contributed by atoms with Gasteiger partial charge in [0.05, 0.1) is 5.54 Å². The summed E-state index contributed by atoms with van der Waals surface area (Å²) in [6.45, 7) is 15.1. The minimum absolute atomic E-state index is 0.0720. The number of rotatable bonds is 5. The Morgan fingerprint density at radius 1 is 1.19 bits per heavy atom. The lowest BCUT2D eigenvalue weighted by atomic mass is 9.95. The summed E-state index contributed by atoms with van der Waals surface area (Å²) in [7, 11) is 0.